The number of fused-ring (bicyclic) bond motifs is 1. The number of aryl methyl sites for hydroxylation is 2. The Kier molecular flexibility index (Phi) is 3.88. The summed E-state index contributed by atoms with van der Waals surface area (Å²) in [5, 5.41) is 3.83. The summed E-state index contributed by atoms with van der Waals surface area (Å²) in [4.78, 5) is 0. The number of hydrogen-bond donors (Lipinski definition) is 1. The van der Waals surface area contributed by atoms with Crippen molar-refractivity contribution in [3.63, 3.8) is 0 Å². The molecular formula is C19H23N. The Bertz CT molecular complexity index is 588. The number of hydrogen-bond acceptors (Lipinski definition) is 1. The summed E-state index contributed by atoms with van der Waals surface area (Å²) in [6.45, 7) is 4.47. The van der Waals surface area contributed by atoms with Gasteiger partial charge in [-0.15, -0.1) is 0 Å². The Hall–Kier alpha value is -1.60. The number of nitrogens with one attached hydrogen (secondary N) is 1. The van der Waals surface area contributed by atoms with Crippen LogP contribution in [0.25, 0.3) is 0 Å². The van der Waals surface area contributed by atoms with E-state index in [1.807, 2.05) is 0 Å². The van der Waals surface area contributed by atoms with Gasteiger partial charge in [-0.3, -0.25) is 0 Å². The van der Waals surface area contributed by atoms with Gasteiger partial charge in [0.25, 0.3) is 0 Å². The largest absolute Gasteiger partial charge is 0.303 e. The molecule has 0 saturated heterocycles. The molecule has 1 N–H and O–H groups in total. The van der Waals surface area contributed by atoms with E-state index in [0.29, 0.717) is 12.1 Å². The second-order valence-electron chi connectivity index (χ2n) is 5.89. The van der Waals surface area contributed by atoms with Crippen molar-refractivity contribution < 1.29 is 0 Å². The first-order valence-corrected chi connectivity index (χ1v) is 7.65. The monoisotopic (exact) mass is 265 g/mol. The summed E-state index contributed by atoms with van der Waals surface area (Å²) in [6.07, 6.45) is 3.76. The minimum atomic E-state index is 0.396. The van der Waals surface area contributed by atoms with E-state index in [0.717, 1.165) is 0 Å². The average molecular weight is 265 g/mol. The molecule has 0 amide bonds. The standard InChI is InChI=1S/C19H23N/c1-14-8-3-5-11-17(14)15(2)20-19-13-7-10-16-9-4-6-12-18(16)19/h3-6,8-9,11-12,15,19-20H,7,10,13H2,1-2H3/t15-,19?/m1/s1. The average Bonchev–Trinajstić information content (AvgIpc) is 2.48. The van der Waals surface area contributed by atoms with Crippen LogP contribution in [0.4, 0.5) is 0 Å². The lowest BCUT2D eigenvalue weighted by atomic mass is 9.87. The van der Waals surface area contributed by atoms with E-state index in [9.17, 15) is 0 Å². The maximum atomic E-state index is 3.83. The predicted molar refractivity (Wildman–Crippen MR) is 84.9 cm³/mol. The third-order valence-electron chi connectivity index (χ3n) is 4.48. The quantitative estimate of drug-likeness (QED) is 0.846. The zero-order valence-electron chi connectivity index (χ0n) is 12.4. The maximum absolute atomic E-state index is 3.83. The summed E-state index contributed by atoms with van der Waals surface area (Å²) in [5.41, 5.74) is 5.81. The van der Waals surface area contributed by atoms with Crippen LogP contribution in [-0.4, -0.2) is 0 Å². The van der Waals surface area contributed by atoms with Gasteiger partial charge in [0.05, 0.1) is 0 Å². The summed E-state index contributed by atoms with van der Waals surface area (Å²) >= 11 is 0. The molecule has 1 aliphatic carbocycles. The van der Waals surface area contributed by atoms with Crippen molar-refractivity contribution in [1.29, 1.82) is 0 Å². The van der Waals surface area contributed by atoms with Gasteiger partial charge in [0.2, 0.25) is 0 Å². The van der Waals surface area contributed by atoms with Crippen molar-refractivity contribution >= 4 is 0 Å². The lowest BCUT2D eigenvalue weighted by molar-refractivity contribution is 0.414. The third-order valence-corrected chi connectivity index (χ3v) is 4.48. The maximum Gasteiger partial charge on any atom is 0.0328 e. The van der Waals surface area contributed by atoms with Crippen molar-refractivity contribution in [3.8, 4) is 0 Å². The summed E-state index contributed by atoms with van der Waals surface area (Å²) in [6, 6.07) is 18.5. The van der Waals surface area contributed by atoms with Gasteiger partial charge < -0.3 is 5.32 Å². The Morgan fingerprint density at radius 2 is 1.80 bits per heavy atom. The van der Waals surface area contributed by atoms with Gasteiger partial charge >= 0.3 is 0 Å². The fraction of sp³-hybridized carbons (Fsp3) is 0.368. The predicted octanol–water partition coefficient (Wildman–Crippen LogP) is 4.72. The van der Waals surface area contributed by atoms with Gasteiger partial charge in [0.15, 0.2) is 0 Å². The molecule has 1 unspecified atom stereocenters. The molecule has 3 rings (SSSR count). The number of rotatable bonds is 3. The molecule has 0 aliphatic heterocycles. The molecule has 1 nitrogen and oxygen atoms in total. The highest BCUT2D eigenvalue weighted by Crippen LogP contribution is 2.31. The van der Waals surface area contributed by atoms with Crippen LogP contribution in [0, 0.1) is 6.92 Å². The fourth-order valence-electron chi connectivity index (χ4n) is 3.39. The van der Waals surface area contributed by atoms with E-state index < -0.39 is 0 Å². The van der Waals surface area contributed by atoms with Crippen LogP contribution < -0.4 is 5.32 Å². The first-order chi connectivity index (χ1) is 9.75. The molecule has 2 aromatic carbocycles. The van der Waals surface area contributed by atoms with Crippen molar-refractivity contribution in [2.45, 2.75) is 45.2 Å². The topological polar surface area (TPSA) is 12.0 Å². The fourth-order valence-corrected chi connectivity index (χ4v) is 3.39. The highest BCUT2D eigenvalue weighted by molar-refractivity contribution is 5.33. The zero-order chi connectivity index (χ0) is 13.9. The van der Waals surface area contributed by atoms with Gasteiger partial charge in [-0.1, -0.05) is 48.5 Å². The molecule has 1 heteroatoms. The van der Waals surface area contributed by atoms with Crippen molar-refractivity contribution in [2.24, 2.45) is 0 Å². The summed E-state index contributed by atoms with van der Waals surface area (Å²) in [7, 11) is 0. The normalized spacial score (nSPS) is 19.4. The van der Waals surface area contributed by atoms with Crippen LogP contribution in [0.5, 0.6) is 0 Å². The highest BCUT2D eigenvalue weighted by atomic mass is 14.9. The van der Waals surface area contributed by atoms with E-state index in [1.54, 1.807) is 0 Å². The highest BCUT2D eigenvalue weighted by Gasteiger charge is 2.21. The third kappa shape index (κ3) is 2.64. The van der Waals surface area contributed by atoms with E-state index in [4.69, 9.17) is 0 Å². The molecule has 0 radical (unpaired) electrons. The minimum Gasteiger partial charge on any atom is -0.303 e. The van der Waals surface area contributed by atoms with E-state index in [-0.39, 0.29) is 0 Å². The molecule has 0 fully saturated rings. The van der Waals surface area contributed by atoms with Crippen LogP contribution in [0.3, 0.4) is 0 Å². The lowest BCUT2D eigenvalue weighted by Gasteiger charge is -2.30. The first-order valence-electron chi connectivity index (χ1n) is 7.65. The van der Waals surface area contributed by atoms with Gasteiger partial charge in [0.1, 0.15) is 0 Å². The Morgan fingerprint density at radius 1 is 1.05 bits per heavy atom. The zero-order valence-corrected chi connectivity index (χ0v) is 12.4. The molecule has 2 atom stereocenters. The van der Waals surface area contributed by atoms with Gasteiger partial charge in [-0.25, -0.2) is 0 Å². The minimum absolute atomic E-state index is 0.396. The van der Waals surface area contributed by atoms with Crippen molar-refractivity contribution in [3.05, 3.63) is 70.8 Å². The molecule has 104 valence electrons. The molecule has 0 spiro atoms. The molecule has 0 heterocycles. The smallest absolute Gasteiger partial charge is 0.0328 e. The second-order valence-corrected chi connectivity index (χ2v) is 5.89. The molecular weight excluding hydrogens is 242 g/mol. The van der Waals surface area contributed by atoms with Crippen LogP contribution in [0.15, 0.2) is 48.5 Å². The Labute approximate surface area is 122 Å². The molecule has 0 saturated carbocycles. The van der Waals surface area contributed by atoms with E-state index in [1.165, 1.54) is 41.5 Å². The molecule has 0 aromatic heterocycles. The Morgan fingerprint density at radius 3 is 2.65 bits per heavy atom. The van der Waals surface area contributed by atoms with Crippen LogP contribution in [0.1, 0.15) is 54.1 Å². The second kappa shape index (κ2) is 5.80. The van der Waals surface area contributed by atoms with Gasteiger partial charge in [0, 0.05) is 12.1 Å². The van der Waals surface area contributed by atoms with Gasteiger partial charge in [-0.2, -0.15) is 0 Å². The Balaban J connectivity index is 1.81. The SMILES string of the molecule is Cc1ccccc1[C@@H](C)NC1CCCc2ccccc21. The summed E-state index contributed by atoms with van der Waals surface area (Å²) in [5.74, 6) is 0. The molecule has 1 aliphatic rings. The molecule has 2 aromatic rings. The van der Waals surface area contributed by atoms with Gasteiger partial charge in [-0.05, 0) is 55.4 Å². The molecule has 20 heavy (non-hydrogen) atoms. The van der Waals surface area contributed by atoms with Crippen LogP contribution in [-0.2, 0) is 6.42 Å². The van der Waals surface area contributed by atoms with E-state index in [2.05, 4.69) is 67.7 Å². The summed E-state index contributed by atoms with van der Waals surface area (Å²) < 4.78 is 0. The van der Waals surface area contributed by atoms with Crippen molar-refractivity contribution in [1.82, 2.24) is 5.32 Å². The van der Waals surface area contributed by atoms with Crippen LogP contribution >= 0.6 is 0 Å². The molecule has 0 bridgehead atoms. The number of benzene rings is 2. The lowest BCUT2D eigenvalue weighted by Crippen LogP contribution is -2.28. The van der Waals surface area contributed by atoms with Crippen LogP contribution in [0.2, 0.25) is 0 Å². The first kappa shape index (κ1) is 13.4. The van der Waals surface area contributed by atoms with Crippen molar-refractivity contribution in [2.75, 3.05) is 0 Å². The van der Waals surface area contributed by atoms with E-state index >= 15 is 0 Å².